The minimum Gasteiger partial charge on any atom is -0.489 e. The molecule has 0 aromatic carbocycles. The molecular weight excluding hydrogens is 436 g/mol. The minimum absolute atomic E-state index is 0.107. The summed E-state index contributed by atoms with van der Waals surface area (Å²) in [6, 6.07) is 3.81. The number of rotatable bonds is 9. The number of hydrogen-bond acceptors (Lipinski definition) is 6. The lowest BCUT2D eigenvalue weighted by molar-refractivity contribution is -0.143. The van der Waals surface area contributed by atoms with E-state index in [2.05, 4.69) is 5.10 Å². The maximum absolute atomic E-state index is 12.6. The van der Waals surface area contributed by atoms with Crippen LogP contribution in [0.2, 0.25) is 0 Å². The van der Waals surface area contributed by atoms with Gasteiger partial charge in [-0.25, -0.2) is 4.98 Å². The smallest absolute Gasteiger partial charge is 0.306 e. The molecule has 0 bridgehead atoms. The fourth-order valence-corrected chi connectivity index (χ4v) is 4.75. The molecule has 3 heterocycles. The fourth-order valence-electron chi connectivity index (χ4n) is 4.75. The van der Waals surface area contributed by atoms with E-state index in [4.69, 9.17) is 14.5 Å². The van der Waals surface area contributed by atoms with E-state index in [1.165, 1.54) is 0 Å². The van der Waals surface area contributed by atoms with Crippen LogP contribution in [0.3, 0.4) is 0 Å². The van der Waals surface area contributed by atoms with Crippen LogP contribution in [-0.2, 0) is 27.8 Å². The Morgan fingerprint density at radius 1 is 1.29 bits per heavy atom. The number of aliphatic carboxylic acids is 1. The van der Waals surface area contributed by atoms with Gasteiger partial charge in [0.25, 0.3) is 0 Å². The maximum atomic E-state index is 12.6. The van der Waals surface area contributed by atoms with Crippen molar-refractivity contribution in [2.75, 3.05) is 26.8 Å². The Balaban J connectivity index is 1.41. The van der Waals surface area contributed by atoms with Crippen molar-refractivity contribution >= 4 is 11.9 Å². The van der Waals surface area contributed by atoms with Crippen LogP contribution in [0.4, 0.5) is 0 Å². The third-order valence-electron chi connectivity index (χ3n) is 6.88. The zero-order valence-electron chi connectivity index (χ0n) is 20.2. The van der Waals surface area contributed by atoms with Crippen molar-refractivity contribution in [3.63, 3.8) is 0 Å². The highest BCUT2D eigenvalue weighted by Crippen LogP contribution is 2.31. The number of aryl methyl sites for hydroxylation is 2. The standard InChI is InChI=1S/C25H34N4O5/c1-16-23(34-19-6-4-5-18(11-19)25(31)32)9-7-21(27-16)20-12-26-29(3)22(20)8-10-24(30)28(2)13-17-14-33-15-17/h7,9,12,17-19H,4-6,8,10-11,13-15H2,1-3H3,(H,31,32)/t18?,19-/m0/s1. The van der Waals surface area contributed by atoms with Crippen LogP contribution in [0.5, 0.6) is 5.75 Å². The average Bonchev–Trinajstić information content (AvgIpc) is 3.16. The molecule has 2 aromatic rings. The van der Waals surface area contributed by atoms with Gasteiger partial charge in [0.2, 0.25) is 5.91 Å². The lowest BCUT2D eigenvalue weighted by Crippen LogP contribution is -2.40. The first-order chi connectivity index (χ1) is 16.3. The molecule has 184 valence electrons. The van der Waals surface area contributed by atoms with Crippen molar-refractivity contribution in [1.29, 1.82) is 0 Å². The molecular formula is C25H34N4O5. The van der Waals surface area contributed by atoms with Gasteiger partial charge in [0.15, 0.2) is 0 Å². The third kappa shape index (κ3) is 5.58. The van der Waals surface area contributed by atoms with Gasteiger partial charge in [-0.15, -0.1) is 0 Å². The Morgan fingerprint density at radius 2 is 2.09 bits per heavy atom. The predicted octanol–water partition coefficient (Wildman–Crippen LogP) is 2.85. The lowest BCUT2D eigenvalue weighted by Gasteiger charge is -2.30. The molecule has 1 aliphatic heterocycles. The third-order valence-corrected chi connectivity index (χ3v) is 6.88. The van der Waals surface area contributed by atoms with Gasteiger partial charge >= 0.3 is 5.97 Å². The van der Waals surface area contributed by atoms with Crippen LogP contribution in [-0.4, -0.2) is 69.6 Å². The monoisotopic (exact) mass is 470 g/mol. The zero-order chi connectivity index (χ0) is 24.2. The summed E-state index contributed by atoms with van der Waals surface area (Å²) in [6.07, 6.45) is 5.61. The Hall–Kier alpha value is -2.94. The molecule has 1 aliphatic carbocycles. The van der Waals surface area contributed by atoms with Crippen LogP contribution in [0.15, 0.2) is 18.3 Å². The van der Waals surface area contributed by atoms with E-state index in [9.17, 15) is 14.7 Å². The summed E-state index contributed by atoms with van der Waals surface area (Å²) in [4.78, 5) is 30.5. The number of carboxylic acid groups (broad SMARTS) is 1. The van der Waals surface area contributed by atoms with Crippen molar-refractivity contribution in [2.45, 2.75) is 51.6 Å². The van der Waals surface area contributed by atoms with Crippen LogP contribution in [0, 0.1) is 18.8 Å². The highest BCUT2D eigenvalue weighted by atomic mass is 16.5. The van der Waals surface area contributed by atoms with Gasteiger partial charge in [-0.3, -0.25) is 14.3 Å². The first-order valence-electron chi connectivity index (χ1n) is 12.0. The van der Waals surface area contributed by atoms with Gasteiger partial charge in [0.05, 0.1) is 42.8 Å². The molecule has 2 aromatic heterocycles. The molecule has 2 fully saturated rings. The summed E-state index contributed by atoms with van der Waals surface area (Å²) in [6.45, 7) is 4.09. The van der Waals surface area contributed by atoms with Crippen LogP contribution >= 0.6 is 0 Å². The first kappa shape index (κ1) is 24.2. The highest BCUT2D eigenvalue weighted by Gasteiger charge is 2.28. The second-order valence-corrected chi connectivity index (χ2v) is 9.53. The van der Waals surface area contributed by atoms with Crippen LogP contribution in [0.1, 0.15) is 43.5 Å². The molecule has 1 saturated heterocycles. The number of carbonyl (C=O) groups is 2. The summed E-state index contributed by atoms with van der Waals surface area (Å²) in [5, 5.41) is 13.7. The second kappa shape index (κ2) is 10.5. The molecule has 1 N–H and O–H groups in total. The molecule has 0 radical (unpaired) electrons. The summed E-state index contributed by atoms with van der Waals surface area (Å²) in [5.41, 5.74) is 3.41. The largest absolute Gasteiger partial charge is 0.489 e. The summed E-state index contributed by atoms with van der Waals surface area (Å²) < 4.78 is 13.1. The van der Waals surface area contributed by atoms with E-state index >= 15 is 0 Å². The number of amides is 1. The van der Waals surface area contributed by atoms with Crippen molar-refractivity contribution in [2.24, 2.45) is 18.9 Å². The number of carboxylic acids is 1. The van der Waals surface area contributed by atoms with E-state index in [0.29, 0.717) is 37.4 Å². The molecule has 2 aliphatic rings. The van der Waals surface area contributed by atoms with E-state index in [1.54, 1.807) is 15.8 Å². The van der Waals surface area contributed by atoms with E-state index in [0.717, 1.165) is 55.2 Å². The molecule has 9 heteroatoms. The van der Waals surface area contributed by atoms with Crippen LogP contribution < -0.4 is 4.74 Å². The quantitative estimate of drug-likeness (QED) is 0.600. The van der Waals surface area contributed by atoms with E-state index < -0.39 is 5.97 Å². The molecule has 1 saturated carbocycles. The van der Waals surface area contributed by atoms with Crippen molar-refractivity contribution in [3.8, 4) is 17.0 Å². The molecule has 0 spiro atoms. The van der Waals surface area contributed by atoms with Gasteiger partial charge in [-0.2, -0.15) is 5.10 Å². The molecule has 9 nitrogen and oxygen atoms in total. The van der Waals surface area contributed by atoms with Crippen molar-refractivity contribution in [1.82, 2.24) is 19.7 Å². The number of pyridine rings is 1. The number of nitrogens with zero attached hydrogens (tertiary/aromatic N) is 4. The maximum Gasteiger partial charge on any atom is 0.306 e. The molecule has 2 atom stereocenters. The fraction of sp³-hybridized carbons (Fsp3) is 0.600. The number of aromatic nitrogens is 3. The Kier molecular flexibility index (Phi) is 7.50. The minimum atomic E-state index is -0.746. The first-order valence-corrected chi connectivity index (χ1v) is 12.0. The highest BCUT2D eigenvalue weighted by molar-refractivity contribution is 5.76. The van der Waals surface area contributed by atoms with Gasteiger partial charge in [-0.1, -0.05) is 0 Å². The summed E-state index contributed by atoms with van der Waals surface area (Å²) >= 11 is 0. The van der Waals surface area contributed by atoms with E-state index in [1.807, 2.05) is 33.2 Å². The van der Waals surface area contributed by atoms with Gasteiger partial charge in [-0.05, 0) is 51.2 Å². The van der Waals surface area contributed by atoms with Gasteiger partial charge in [0, 0.05) is 44.2 Å². The summed E-state index contributed by atoms with van der Waals surface area (Å²) in [7, 11) is 3.73. The Morgan fingerprint density at radius 3 is 2.76 bits per heavy atom. The van der Waals surface area contributed by atoms with Crippen molar-refractivity contribution in [3.05, 3.63) is 29.7 Å². The van der Waals surface area contributed by atoms with Gasteiger partial charge in [0.1, 0.15) is 5.75 Å². The number of hydrogen-bond donors (Lipinski definition) is 1. The SMILES string of the molecule is Cc1nc(-c2cnn(C)c2CCC(=O)N(C)CC2COC2)ccc1O[C@H]1CCCC(C(=O)O)C1. The van der Waals surface area contributed by atoms with E-state index in [-0.39, 0.29) is 17.9 Å². The molecule has 4 rings (SSSR count). The average molecular weight is 471 g/mol. The predicted molar refractivity (Wildman–Crippen MR) is 125 cm³/mol. The lowest BCUT2D eigenvalue weighted by atomic mass is 9.87. The Labute approximate surface area is 200 Å². The molecule has 1 amide bonds. The summed E-state index contributed by atoms with van der Waals surface area (Å²) in [5.74, 6) is 0.149. The molecule has 1 unspecified atom stereocenters. The number of ether oxygens (including phenoxy) is 2. The number of carbonyl (C=O) groups excluding carboxylic acids is 1. The second-order valence-electron chi connectivity index (χ2n) is 9.53. The molecule has 34 heavy (non-hydrogen) atoms. The Bertz CT molecular complexity index is 1030. The zero-order valence-corrected chi connectivity index (χ0v) is 20.2. The van der Waals surface area contributed by atoms with Crippen molar-refractivity contribution < 1.29 is 24.2 Å². The van der Waals surface area contributed by atoms with Crippen LogP contribution in [0.25, 0.3) is 11.3 Å². The topological polar surface area (TPSA) is 107 Å². The normalized spacial score (nSPS) is 20.6. The van der Waals surface area contributed by atoms with Gasteiger partial charge < -0.3 is 19.5 Å².